The molecule has 0 aromatic heterocycles. The first-order valence-corrected chi connectivity index (χ1v) is 5.82. The third kappa shape index (κ3) is 3.29. The topological polar surface area (TPSA) is 57.6 Å². The number of benzene rings is 1. The Bertz CT molecular complexity index is 454. The van der Waals surface area contributed by atoms with Crippen LogP contribution in [0.3, 0.4) is 0 Å². The van der Waals surface area contributed by atoms with Gasteiger partial charge in [-0.2, -0.15) is 0 Å². The van der Waals surface area contributed by atoms with E-state index in [1.807, 2.05) is 0 Å². The zero-order valence-corrected chi connectivity index (χ0v) is 9.80. The predicted molar refractivity (Wildman–Crippen MR) is 62.5 cm³/mol. The van der Waals surface area contributed by atoms with Gasteiger partial charge in [0.1, 0.15) is 12.4 Å². The van der Waals surface area contributed by atoms with Crippen LogP contribution in [0.25, 0.3) is 0 Å². The van der Waals surface area contributed by atoms with Crippen molar-refractivity contribution < 1.29 is 19.1 Å². The lowest BCUT2D eigenvalue weighted by atomic mass is 10.1. The number of hydrogen-bond donors (Lipinski definition) is 1. The molecule has 0 unspecified atom stereocenters. The molecule has 1 saturated carbocycles. The number of carboxylic acids is 1. The van der Waals surface area contributed by atoms with Crippen LogP contribution >= 0.6 is 0 Å². The lowest BCUT2D eigenvalue weighted by Crippen LogP contribution is -2.38. The molecule has 2 rings (SSSR count). The molecule has 0 heterocycles. The molecular weight excluding hydrogens is 237 g/mol. The third-order valence-electron chi connectivity index (χ3n) is 2.88. The van der Waals surface area contributed by atoms with E-state index in [0.29, 0.717) is 5.56 Å². The van der Waals surface area contributed by atoms with Crippen LogP contribution in [0.2, 0.25) is 0 Å². The second-order valence-corrected chi connectivity index (χ2v) is 4.45. The van der Waals surface area contributed by atoms with Crippen molar-refractivity contribution >= 4 is 11.9 Å². The first-order chi connectivity index (χ1) is 8.56. The van der Waals surface area contributed by atoms with E-state index >= 15 is 0 Å². The van der Waals surface area contributed by atoms with Crippen molar-refractivity contribution in [1.29, 1.82) is 0 Å². The van der Waals surface area contributed by atoms with Gasteiger partial charge in [-0.3, -0.25) is 9.59 Å². The molecular formula is C13H14FNO3. The van der Waals surface area contributed by atoms with Crippen LogP contribution in [-0.2, 0) is 16.0 Å². The molecule has 1 aromatic carbocycles. The molecule has 0 aliphatic heterocycles. The lowest BCUT2D eigenvalue weighted by Gasteiger charge is -2.20. The summed E-state index contributed by atoms with van der Waals surface area (Å²) in [7, 11) is 0. The van der Waals surface area contributed by atoms with Gasteiger partial charge in [-0.1, -0.05) is 12.1 Å². The van der Waals surface area contributed by atoms with Crippen molar-refractivity contribution in [3.05, 3.63) is 35.6 Å². The largest absolute Gasteiger partial charge is 0.480 e. The summed E-state index contributed by atoms with van der Waals surface area (Å²) in [6, 6.07) is 5.73. The first kappa shape index (κ1) is 12.5. The van der Waals surface area contributed by atoms with Gasteiger partial charge < -0.3 is 10.0 Å². The molecule has 18 heavy (non-hydrogen) atoms. The Morgan fingerprint density at radius 2 is 1.89 bits per heavy atom. The van der Waals surface area contributed by atoms with E-state index in [4.69, 9.17) is 5.11 Å². The summed E-state index contributed by atoms with van der Waals surface area (Å²) < 4.78 is 12.7. The number of halogens is 1. The molecule has 4 nitrogen and oxygen atoms in total. The van der Waals surface area contributed by atoms with E-state index < -0.39 is 5.97 Å². The number of hydrogen-bond acceptors (Lipinski definition) is 2. The summed E-state index contributed by atoms with van der Waals surface area (Å²) in [5.41, 5.74) is 0.692. The van der Waals surface area contributed by atoms with Crippen LogP contribution < -0.4 is 0 Å². The van der Waals surface area contributed by atoms with E-state index in [0.717, 1.165) is 12.8 Å². The molecule has 1 fully saturated rings. The zero-order chi connectivity index (χ0) is 13.1. The minimum atomic E-state index is -1.01. The number of carboxylic acid groups (broad SMARTS) is 1. The maximum absolute atomic E-state index is 12.7. The van der Waals surface area contributed by atoms with E-state index in [1.165, 1.54) is 17.0 Å². The number of carbonyl (C=O) groups is 2. The van der Waals surface area contributed by atoms with Gasteiger partial charge in [0.2, 0.25) is 5.91 Å². The fourth-order valence-electron chi connectivity index (χ4n) is 1.83. The second kappa shape index (κ2) is 5.16. The van der Waals surface area contributed by atoms with Crippen molar-refractivity contribution in [3.8, 4) is 0 Å². The molecule has 5 heteroatoms. The first-order valence-electron chi connectivity index (χ1n) is 5.82. The highest BCUT2D eigenvalue weighted by molar-refractivity contribution is 5.83. The van der Waals surface area contributed by atoms with Crippen molar-refractivity contribution in [1.82, 2.24) is 4.90 Å². The third-order valence-corrected chi connectivity index (χ3v) is 2.88. The summed E-state index contributed by atoms with van der Waals surface area (Å²) >= 11 is 0. The predicted octanol–water partition coefficient (Wildman–Crippen LogP) is 1.44. The molecule has 0 atom stereocenters. The molecule has 1 aliphatic carbocycles. The molecule has 0 saturated heterocycles. The van der Waals surface area contributed by atoms with E-state index in [2.05, 4.69) is 0 Å². The molecule has 0 spiro atoms. The van der Waals surface area contributed by atoms with Gasteiger partial charge in [0.05, 0.1) is 6.42 Å². The Hall–Kier alpha value is -1.91. The van der Waals surface area contributed by atoms with Crippen LogP contribution in [0.15, 0.2) is 24.3 Å². The van der Waals surface area contributed by atoms with Crippen molar-refractivity contribution in [2.45, 2.75) is 25.3 Å². The van der Waals surface area contributed by atoms with Gasteiger partial charge in [0, 0.05) is 6.04 Å². The quantitative estimate of drug-likeness (QED) is 0.861. The van der Waals surface area contributed by atoms with Crippen LogP contribution in [0.5, 0.6) is 0 Å². The highest BCUT2D eigenvalue weighted by atomic mass is 19.1. The summed E-state index contributed by atoms with van der Waals surface area (Å²) in [6.07, 6.45) is 1.84. The summed E-state index contributed by atoms with van der Waals surface area (Å²) in [5, 5.41) is 8.77. The summed E-state index contributed by atoms with van der Waals surface area (Å²) in [4.78, 5) is 24.1. The van der Waals surface area contributed by atoms with E-state index in [9.17, 15) is 14.0 Å². The number of rotatable bonds is 5. The Morgan fingerprint density at radius 3 is 2.39 bits per heavy atom. The van der Waals surface area contributed by atoms with Crippen molar-refractivity contribution in [2.75, 3.05) is 6.54 Å². The van der Waals surface area contributed by atoms with E-state index in [-0.39, 0.29) is 30.7 Å². The Kier molecular flexibility index (Phi) is 3.60. The monoisotopic (exact) mass is 251 g/mol. The number of amides is 1. The maximum Gasteiger partial charge on any atom is 0.323 e. The standard InChI is InChI=1S/C13H14FNO3/c14-10-3-1-9(2-4-10)7-12(16)15(8-13(17)18)11-5-6-11/h1-4,11H,5-8H2,(H,17,18). The smallest absolute Gasteiger partial charge is 0.323 e. The lowest BCUT2D eigenvalue weighted by molar-refractivity contribution is -0.144. The van der Waals surface area contributed by atoms with Crippen LogP contribution in [0.1, 0.15) is 18.4 Å². The van der Waals surface area contributed by atoms with E-state index in [1.54, 1.807) is 12.1 Å². The molecule has 0 radical (unpaired) electrons. The van der Waals surface area contributed by atoms with Crippen molar-refractivity contribution in [3.63, 3.8) is 0 Å². The summed E-state index contributed by atoms with van der Waals surface area (Å²) in [5.74, 6) is -1.57. The SMILES string of the molecule is O=C(O)CN(C(=O)Cc1ccc(F)cc1)C1CC1. The van der Waals surface area contributed by atoms with Crippen LogP contribution in [0.4, 0.5) is 4.39 Å². The Morgan fingerprint density at radius 1 is 1.28 bits per heavy atom. The van der Waals surface area contributed by atoms with Gasteiger partial charge in [0.25, 0.3) is 0 Å². The fourth-order valence-corrected chi connectivity index (χ4v) is 1.83. The van der Waals surface area contributed by atoms with Crippen LogP contribution in [0, 0.1) is 5.82 Å². The molecule has 0 bridgehead atoms. The van der Waals surface area contributed by atoms with Gasteiger partial charge in [-0.05, 0) is 30.5 Å². The number of nitrogens with zero attached hydrogens (tertiary/aromatic N) is 1. The highest BCUT2D eigenvalue weighted by Crippen LogP contribution is 2.27. The average molecular weight is 251 g/mol. The minimum absolute atomic E-state index is 0.0639. The molecule has 96 valence electrons. The molecule has 1 aromatic rings. The van der Waals surface area contributed by atoms with Gasteiger partial charge in [-0.15, -0.1) is 0 Å². The molecule has 1 N–H and O–H groups in total. The van der Waals surface area contributed by atoms with Gasteiger partial charge in [0.15, 0.2) is 0 Å². The maximum atomic E-state index is 12.7. The molecule has 1 amide bonds. The van der Waals surface area contributed by atoms with Crippen LogP contribution in [-0.4, -0.2) is 34.5 Å². The van der Waals surface area contributed by atoms with Gasteiger partial charge in [-0.25, -0.2) is 4.39 Å². The fraction of sp³-hybridized carbons (Fsp3) is 0.385. The highest BCUT2D eigenvalue weighted by Gasteiger charge is 2.33. The van der Waals surface area contributed by atoms with Gasteiger partial charge >= 0.3 is 5.97 Å². The second-order valence-electron chi connectivity index (χ2n) is 4.45. The zero-order valence-electron chi connectivity index (χ0n) is 9.80. The summed E-state index contributed by atoms with van der Waals surface area (Å²) in [6.45, 7) is -0.259. The average Bonchev–Trinajstić information content (AvgIpc) is 3.12. The van der Waals surface area contributed by atoms with Crippen molar-refractivity contribution in [2.24, 2.45) is 0 Å². The normalized spacial score (nSPS) is 14.3. The Balaban J connectivity index is 2.00. The Labute approximate surface area is 104 Å². The number of carbonyl (C=O) groups excluding carboxylic acids is 1. The number of aliphatic carboxylic acids is 1. The minimum Gasteiger partial charge on any atom is -0.480 e. The molecule has 1 aliphatic rings.